The molecule has 1 aliphatic rings. The number of carbonyl (C=O) groups is 2. The Morgan fingerprint density at radius 2 is 1.92 bits per heavy atom. The van der Waals surface area contributed by atoms with Crippen molar-refractivity contribution < 1.29 is 19.1 Å². The van der Waals surface area contributed by atoms with E-state index in [1.807, 2.05) is 30.3 Å². The van der Waals surface area contributed by atoms with Crippen molar-refractivity contribution in [2.75, 3.05) is 20.8 Å². The van der Waals surface area contributed by atoms with E-state index < -0.39 is 0 Å². The molecule has 1 aliphatic heterocycles. The van der Waals surface area contributed by atoms with Gasteiger partial charge in [-0.15, -0.1) is 0 Å². The lowest BCUT2D eigenvalue weighted by Crippen LogP contribution is -2.29. The summed E-state index contributed by atoms with van der Waals surface area (Å²) in [6, 6.07) is 7.51. The van der Waals surface area contributed by atoms with Crippen molar-refractivity contribution in [3.63, 3.8) is 0 Å². The smallest absolute Gasteiger partial charge is 0.305 e. The molecular weight excluding hydrogens is 358 g/mol. The summed E-state index contributed by atoms with van der Waals surface area (Å²) >= 11 is 6.64. The molecule has 0 bridgehead atoms. The van der Waals surface area contributed by atoms with Gasteiger partial charge in [-0.1, -0.05) is 42.5 Å². The lowest BCUT2D eigenvalue weighted by Gasteiger charge is -2.13. The molecule has 1 saturated heterocycles. The number of rotatable bonds is 8. The standard InChI is InChI=1S/C18H21NO4S2/c1-22-14-9-7-13(8-10-14)12-15-17(21)19(18(24)25-15)11-5-3-4-6-16(20)23-2/h7-10,12H,3-6,11H2,1-2H3. The first-order valence-electron chi connectivity index (χ1n) is 8.01. The average molecular weight is 380 g/mol. The van der Waals surface area contributed by atoms with Crippen LogP contribution in [0.4, 0.5) is 0 Å². The van der Waals surface area contributed by atoms with Crippen LogP contribution in [-0.4, -0.2) is 41.9 Å². The van der Waals surface area contributed by atoms with Gasteiger partial charge in [0.15, 0.2) is 0 Å². The van der Waals surface area contributed by atoms with Gasteiger partial charge in [0.05, 0.1) is 19.1 Å². The third-order valence-corrected chi connectivity index (χ3v) is 5.16. The van der Waals surface area contributed by atoms with Crippen LogP contribution in [0.1, 0.15) is 31.2 Å². The van der Waals surface area contributed by atoms with Crippen molar-refractivity contribution in [2.24, 2.45) is 0 Å². The van der Waals surface area contributed by atoms with Gasteiger partial charge in [-0.2, -0.15) is 0 Å². The summed E-state index contributed by atoms with van der Waals surface area (Å²) < 4.78 is 10.3. The van der Waals surface area contributed by atoms with Crippen LogP contribution in [0.5, 0.6) is 5.75 Å². The van der Waals surface area contributed by atoms with E-state index in [1.165, 1.54) is 18.9 Å². The molecule has 0 atom stereocenters. The fourth-order valence-corrected chi connectivity index (χ4v) is 3.67. The Labute approximate surface area is 157 Å². The van der Waals surface area contributed by atoms with Gasteiger partial charge in [-0.3, -0.25) is 14.5 Å². The van der Waals surface area contributed by atoms with Crippen molar-refractivity contribution in [2.45, 2.75) is 25.7 Å². The highest BCUT2D eigenvalue weighted by Crippen LogP contribution is 2.33. The Morgan fingerprint density at radius 1 is 1.20 bits per heavy atom. The first-order chi connectivity index (χ1) is 12.0. The molecule has 0 radical (unpaired) electrons. The summed E-state index contributed by atoms with van der Waals surface area (Å²) in [5.41, 5.74) is 0.930. The van der Waals surface area contributed by atoms with Gasteiger partial charge in [-0.05, 0) is 36.6 Å². The molecule has 7 heteroatoms. The summed E-state index contributed by atoms with van der Waals surface area (Å²) in [6.45, 7) is 0.575. The Kier molecular flexibility index (Phi) is 7.46. The molecule has 1 amide bonds. The number of nitrogens with zero attached hydrogens (tertiary/aromatic N) is 1. The maximum atomic E-state index is 12.5. The van der Waals surface area contributed by atoms with Gasteiger partial charge in [0.2, 0.25) is 0 Å². The fraction of sp³-hybridized carbons (Fsp3) is 0.389. The van der Waals surface area contributed by atoms with Crippen LogP contribution in [0.3, 0.4) is 0 Å². The van der Waals surface area contributed by atoms with Crippen LogP contribution < -0.4 is 4.74 Å². The zero-order valence-corrected chi connectivity index (χ0v) is 16.0. The molecular formula is C18H21NO4S2. The van der Waals surface area contributed by atoms with E-state index in [4.69, 9.17) is 17.0 Å². The Balaban J connectivity index is 1.88. The van der Waals surface area contributed by atoms with Crippen LogP contribution in [0.25, 0.3) is 6.08 Å². The first-order valence-corrected chi connectivity index (χ1v) is 9.24. The first kappa shape index (κ1) is 19.5. The number of esters is 1. The van der Waals surface area contributed by atoms with Gasteiger partial charge in [-0.25, -0.2) is 0 Å². The molecule has 134 valence electrons. The normalized spacial score (nSPS) is 15.8. The Morgan fingerprint density at radius 3 is 2.56 bits per heavy atom. The van der Waals surface area contributed by atoms with Crippen molar-refractivity contribution in [1.82, 2.24) is 4.90 Å². The summed E-state index contributed by atoms with van der Waals surface area (Å²) in [4.78, 5) is 25.8. The third kappa shape index (κ3) is 5.57. The van der Waals surface area contributed by atoms with Gasteiger partial charge >= 0.3 is 5.97 Å². The third-order valence-electron chi connectivity index (χ3n) is 3.78. The molecule has 0 aliphatic carbocycles. The van der Waals surface area contributed by atoms with Crippen molar-refractivity contribution >= 4 is 46.3 Å². The number of methoxy groups -OCH3 is 2. The quantitative estimate of drug-likeness (QED) is 0.298. The number of carbonyl (C=O) groups excluding carboxylic acids is 2. The van der Waals surface area contributed by atoms with Gasteiger partial charge < -0.3 is 9.47 Å². The fourth-order valence-electron chi connectivity index (χ4n) is 2.36. The molecule has 5 nitrogen and oxygen atoms in total. The number of hydrogen-bond acceptors (Lipinski definition) is 6. The highest BCUT2D eigenvalue weighted by Gasteiger charge is 2.31. The van der Waals surface area contributed by atoms with Crippen LogP contribution in [0.2, 0.25) is 0 Å². The number of thiocarbonyl (C=S) groups is 1. The second-order valence-electron chi connectivity index (χ2n) is 5.49. The van der Waals surface area contributed by atoms with Crippen LogP contribution in [-0.2, 0) is 14.3 Å². The zero-order valence-electron chi connectivity index (χ0n) is 14.3. The van der Waals surface area contributed by atoms with Crippen molar-refractivity contribution in [3.05, 3.63) is 34.7 Å². The zero-order chi connectivity index (χ0) is 18.2. The minimum atomic E-state index is -0.201. The second kappa shape index (κ2) is 9.58. The molecule has 0 saturated carbocycles. The van der Waals surface area contributed by atoms with Gasteiger partial charge in [0.25, 0.3) is 5.91 Å². The van der Waals surface area contributed by atoms with Crippen LogP contribution >= 0.6 is 24.0 Å². The van der Waals surface area contributed by atoms with Gasteiger partial charge in [0, 0.05) is 13.0 Å². The predicted molar refractivity (Wildman–Crippen MR) is 103 cm³/mol. The molecule has 1 aromatic rings. The molecule has 0 unspecified atom stereocenters. The molecule has 1 heterocycles. The molecule has 1 fully saturated rings. The Bertz CT molecular complexity index is 670. The summed E-state index contributed by atoms with van der Waals surface area (Å²) in [7, 11) is 3.00. The van der Waals surface area contributed by atoms with Crippen molar-refractivity contribution in [3.8, 4) is 5.75 Å². The largest absolute Gasteiger partial charge is 0.497 e. The van der Waals surface area contributed by atoms with E-state index in [0.717, 1.165) is 30.6 Å². The predicted octanol–water partition coefficient (Wildman–Crippen LogP) is 3.63. The highest BCUT2D eigenvalue weighted by molar-refractivity contribution is 8.26. The Hall–Kier alpha value is -1.86. The number of thioether (sulfide) groups is 1. The molecule has 25 heavy (non-hydrogen) atoms. The highest BCUT2D eigenvalue weighted by atomic mass is 32.2. The summed E-state index contributed by atoms with van der Waals surface area (Å²) in [6.07, 6.45) is 4.66. The molecule has 0 spiro atoms. The monoisotopic (exact) mass is 379 g/mol. The van der Waals surface area contributed by atoms with E-state index >= 15 is 0 Å². The summed E-state index contributed by atoms with van der Waals surface area (Å²) in [5, 5.41) is 0. The lowest BCUT2D eigenvalue weighted by molar-refractivity contribution is -0.140. The van der Waals surface area contributed by atoms with E-state index in [-0.39, 0.29) is 11.9 Å². The number of ether oxygens (including phenoxy) is 2. The second-order valence-corrected chi connectivity index (χ2v) is 7.17. The maximum absolute atomic E-state index is 12.5. The van der Waals surface area contributed by atoms with E-state index in [1.54, 1.807) is 12.0 Å². The van der Waals surface area contributed by atoms with E-state index in [2.05, 4.69) is 4.74 Å². The summed E-state index contributed by atoms with van der Waals surface area (Å²) in [5.74, 6) is 0.517. The lowest BCUT2D eigenvalue weighted by atomic mass is 10.2. The topological polar surface area (TPSA) is 55.8 Å². The number of benzene rings is 1. The van der Waals surface area contributed by atoms with E-state index in [9.17, 15) is 9.59 Å². The number of hydrogen-bond donors (Lipinski definition) is 0. The minimum Gasteiger partial charge on any atom is -0.497 e. The maximum Gasteiger partial charge on any atom is 0.305 e. The number of unbranched alkanes of at least 4 members (excludes halogenated alkanes) is 2. The average Bonchev–Trinajstić information content (AvgIpc) is 2.89. The van der Waals surface area contributed by atoms with Crippen molar-refractivity contribution in [1.29, 1.82) is 0 Å². The van der Waals surface area contributed by atoms with E-state index in [0.29, 0.717) is 22.2 Å². The van der Waals surface area contributed by atoms with Crippen LogP contribution in [0, 0.1) is 0 Å². The molecule has 0 N–H and O–H groups in total. The SMILES string of the molecule is COC(=O)CCCCCN1C(=O)C(=Cc2ccc(OC)cc2)SC1=S. The molecule has 0 aromatic heterocycles. The molecule has 2 rings (SSSR count). The van der Waals surface area contributed by atoms with Gasteiger partial charge in [0.1, 0.15) is 10.1 Å². The molecule has 1 aromatic carbocycles. The minimum absolute atomic E-state index is 0.0567. The van der Waals surface area contributed by atoms with Crippen LogP contribution in [0.15, 0.2) is 29.2 Å². The number of amides is 1.